The van der Waals surface area contributed by atoms with Crippen LogP contribution in [0, 0.1) is 6.92 Å². The molecule has 0 spiro atoms. The average Bonchev–Trinajstić information content (AvgIpc) is 2.65. The van der Waals surface area contributed by atoms with Crippen LogP contribution in [0.25, 0.3) is 10.9 Å². The minimum atomic E-state index is -0.406. The van der Waals surface area contributed by atoms with Gasteiger partial charge in [0.1, 0.15) is 10.9 Å². The molecule has 0 radical (unpaired) electrons. The number of esters is 1. The van der Waals surface area contributed by atoms with Gasteiger partial charge in [-0.2, -0.15) is 0 Å². The summed E-state index contributed by atoms with van der Waals surface area (Å²) < 4.78 is 5.20. The number of aromatic nitrogens is 2. The number of nitrogens with one attached hydrogen (secondary N) is 2. The van der Waals surface area contributed by atoms with Crippen molar-refractivity contribution in [3.05, 3.63) is 41.4 Å². The Morgan fingerprint density at radius 3 is 2.78 bits per heavy atom. The Balaban J connectivity index is 1.94. The predicted octanol–water partition coefficient (Wildman–Crippen LogP) is 2.94. The molecule has 8 heteroatoms. The highest BCUT2D eigenvalue weighted by Gasteiger charge is 2.31. The minimum Gasteiger partial charge on any atom is -0.463 e. The van der Waals surface area contributed by atoms with E-state index in [1.165, 1.54) is 11.8 Å². The molecule has 3 rings (SSSR count). The van der Waals surface area contributed by atoms with E-state index in [1.807, 2.05) is 38.1 Å². The number of hydrogen-bond acceptors (Lipinski definition) is 6. The van der Waals surface area contributed by atoms with Crippen LogP contribution in [0.5, 0.6) is 0 Å². The molecule has 0 aliphatic carbocycles. The molecule has 142 valence electrons. The van der Waals surface area contributed by atoms with E-state index in [2.05, 4.69) is 20.6 Å². The summed E-state index contributed by atoms with van der Waals surface area (Å²) >= 11 is 1.47. The smallest absolute Gasteiger partial charge is 0.337 e. The van der Waals surface area contributed by atoms with Crippen LogP contribution >= 0.6 is 11.8 Å². The number of rotatable bonds is 6. The first-order valence-corrected chi connectivity index (χ1v) is 9.85. The van der Waals surface area contributed by atoms with Gasteiger partial charge in [-0.05, 0) is 26.3 Å². The third-order valence-corrected chi connectivity index (χ3v) is 5.20. The number of carbonyl (C=O) groups excluding carboxylic acids is 2. The van der Waals surface area contributed by atoms with Gasteiger partial charge in [0.15, 0.2) is 0 Å². The molecule has 0 saturated heterocycles. The van der Waals surface area contributed by atoms with Crippen molar-refractivity contribution >= 4 is 34.7 Å². The summed E-state index contributed by atoms with van der Waals surface area (Å²) in [6, 6.07) is 7.10. The van der Waals surface area contributed by atoms with Gasteiger partial charge in [0.2, 0.25) is 0 Å². The standard InChI is InChI=1S/C19H22N4O3S/c1-4-13-16(18(24)26-5-2)15(23-19(25)22-13)10-27-17-12-8-6-7-9-14(12)20-11(3)21-17/h6-9,13H,4-5,10H2,1-3H3,(H2,22,23,25). The third kappa shape index (κ3) is 4.21. The van der Waals surface area contributed by atoms with E-state index >= 15 is 0 Å². The average molecular weight is 386 g/mol. The molecule has 1 aliphatic rings. The number of para-hydroxylation sites is 1. The summed E-state index contributed by atoms with van der Waals surface area (Å²) in [4.78, 5) is 33.4. The van der Waals surface area contributed by atoms with Gasteiger partial charge in [0, 0.05) is 16.8 Å². The second-order valence-electron chi connectivity index (χ2n) is 6.05. The summed E-state index contributed by atoms with van der Waals surface area (Å²) in [7, 11) is 0. The fourth-order valence-corrected chi connectivity index (χ4v) is 4.02. The van der Waals surface area contributed by atoms with Crippen molar-refractivity contribution in [2.45, 2.75) is 38.3 Å². The van der Waals surface area contributed by atoms with Gasteiger partial charge < -0.3 is 15.4 Å². The van der Waals surface area contributed by atoms with Crippen LogP contribution in [0.1, 0.15) is 26.1 Å². The van der Waals surface area contributed by atoms with E-state index in [9.17, 15) is 9.59 Å². The van der Waals surface area contributed by atoms with Crippen LogP contribution in [0.4, 0.5) is 4.79 Å². The van der Waals surface area contributed by atoms with Crippen molar-refractivity contribution in [1.82, 2.24) is 20.6 Å². The van der Waals surface area contributed by atoms with Crippen LogP contribution < -0.4 is 10.6 Å². The second-order valence-corrected chi connectivity index (χ2v) is 7.02. The Hall–Kier alpha value is -2.61. The van der Waals surface area contributed by atoms with E-state index < -0.39 is 5.97 Å². The fourth-order valence-electron chi connectivity index (χ4n) is 2.98. The monoisotopic (exact) mass is 386 g/mol. The highest BCUT2D eigenvalue weighted by molar-refractivity contribution is 7.99. The topological polar surface area (TPSA) is 93.2 Å². The molecule has 27 heavy (non-hydrogen) atoms. The molecule has 0 fully saturated rings. The number of thioether (sulfide) groups is 1. The quantitative estimate of drug-likeness (QED) is 0.450. The summed E-state index contributed by atoms with van der Waals surface area (Å²) in [5, 5.41) is 7.30. The molecule has 1 unspecified atom stereocenters. The molecular formula is C19H22N4O3S. The minimum absolute atomic E-state index is 0.281. The summed E-state index contributed by atoms with van der Waals surface area (Å²) in [5.74, 6) is 0.672. The van der Waals surface area contributed by atoms with Crippen LogP contribution in [0.15, 0.2) is 40.6 Å². The van der Waals surface area contributed by atoms with Crippen molar-refractivity contribution in [2.24, 2.45) is 0 Å². The second kappa shape index (κ2) is 8.39. The largest absolute Gasteiger partial charge is 0.463 e. The number of carbonyl (C=O) groups is 2. The van der Waals surface area contributed by atoms with E-state index in [-0.39, 0.29) is 18.7 Å². The van der Waals surface area contributed by atoms with Crippen molar-refractivity contribution in [2.75, 3.05) is 12.4 Å². The van der Waals surface area contributed by atoms with Crippen LogP contribution in [-0.2, 0) is 9.53 Å². The van der Waals surface area contributed by atoms with E-state index in [1.54, 1.807) is 6.92 Å². The Bertz CT molecular complexity index is 913. The molecule has 0 bridgehead atoms. The fraction of sp³-hybridized carbons (Fsp3) is 0.368. The number of ether oxygens (including phenoxy) is 1. The summed E-state index contributed by atoms with van der Waals surface area (Å²) in [5.41, 5.74) is 1.91. The number of aryl methyl sites for hydroxylation is 1. The van der Waals surface area contributed by atoms with Gasteiger partial charge in [-0.3, -0.25) is 0 Å². The number of urea groups is 1. The van der Waals surface area contributed by atoms with Gasteiger partial charge in [-0.25, -0.2) is 19.6 Å². The molecule has 0 saturated carbocycles. The summed E-state index contributed by atoms with van der Waals surface area (Å²) in [6.07, 6.45) is 0.602. The van der Waals surface area contributed by atoms with Gasteiger partial charge in [-0.1, -0.05) is 36.9 Å². The number of benzene rings is 1. The molecule has 7 nitrogen and oxygen atoms in total. The molecule has 2 N–H and O–H groups in total. The summed E-state index contributed by atoms with van der Waals surface area (Å²) in [6.45, 7) is 5.81. The van der Waals surface area contributed by atoms with Gasteiger partial charge >= 0.3 is 12.0 Å². The molecule has 1 aromatic carbocycles. The molecule has 1 aromatic heterocycles. The molecule has 2 heterocycles. The van der Waals surface area contributed by atoms with Gasteiger partial charge in [-0.15, -0.1) is 0 Å². The number of nitrogens with zero attached hydrogens (tertiary/aromatic N) is 2. The Morgan fingerprint density at radius 1 is 1.26 bits per heavy atom. The van der Waals surface area contributed by atoms with Crippen LogP contribution in [-0.4, -0.2) is 40.4 Å². The van der Waals surface area contributed by atoms with Crippen LogP contribution in [0.2, 0.25) is 0 Å². The zero-order chi connectivity index (χ0) is 19.4. The first-order valence-electron chi connectivity index (χ1n) is 8.87. The molecular weight excluding hydrogens is 364 g/mol. The van der Waals surface area contributed by atoms with Gasteiger partial charge in [0.05, 0.1) is 23.7 Å². The predicted molar refractivity (Wildman–Crippen MR) is 104 cm³/mol. The van der Waals surface area contributed by atoms with Crippen molar-refractivity contribution in [3.63, 3.8) is 0 Å². The van der Waals surface area contributed by atoms with Crippen molar-refractivity contribution < 1.29 is 14.3 Å². The Labute approximate surface area is 162 Å². The highest BCUT2D eigenvalue weighted by Crippen LogP contribution is 2.28. The zero-order valence-electron chi connectivity index (χ0n) is 15.5. The van der Waals surface area contributed by atoms with Gasteiger partial charge in [0.25, 0.3) is 0 Å². The molecule has 1 atom stereocenters. The molecule has 2 aromatic rings. The number of fused-ring (bicyclic) bond motifs is 1. The van der Waals surface area contributed by atoms with E-state index in [4.69, 9.17) is 4.74 Å². The maximum atomic E-state index is 12.5. The lowest BCUT2D eigenvalue weighted by atomic mass is 10.0. The first kappa shape index (κ1) is 19.2. The van der Waals surface area contributed by atoms with Crippen LogP contribution in [0.3, 0.4) is 0 Å². The SMILES string of the molecule is CCOC(=O)C1=C(CSc2nc(C)nc3ccccc23)NC(=O)NC1CC. The normalized spacial score (nSPS) is 16.9. The lowest BCUT2D eigenvalue weighted by Crippen LogP contribution is -2.50. The Kier molecular flexibility index (Phi) is 5.95. The lowest BCUT2D eigenvalue weighted by Gasteiger charge is -2.28. The Morgan fingerprint density at radius 2 is 2.04 bits per heavy atom. The third-order valence-electron chi connectivity index (χ3n) is 4.18. The lowest BCUT2D eigenvalue weighted by molar-refractivity contribution is -0.139. The number of hydrogen-bond donors (Lipinski definition) is 2. The molecule has 2 amide bonds. The van der Waals surface area contributed by atoms with E-state index in [0.717, 1.165) is 15.9 Å². The van der Waals surface area contributed by atoms with Crippen molar-refractivity contribution in [1.29, 1.82) is 0 Å². The molecule has 1 aliphatic heterocycles. The van der Waals surface area contributed by atoms with Crippen molar-refractivity contribution in [3.8, 4) is 0 Å². The number of amides is 2. The maximum absolute atomic E-state index is 12.5. The van der Waals surface area contributed by atoms with E-state index in [0.29, 0.717) is 29.3 Å². The maximum Gasteiger partial charge on any atom is 0.337 e. The highest BCUT2D eigenvalue weighted by atomic mass is 32.2. The first-order chi connectivity index (χ1) is 13.0. The zero-order valence-corrected chi connectivity index (χ0v) is 16.4.